The van der Waals surface area contributed by atoms with Crippen molar-refractivity contribution in [2.45, 2.75) is 13.8 Å². The smallest absolute Gasteiger partial charge is 0.311 e. The van der Waals surface area contributed by atoms with Crippen LogP contribution in [0.1, 0.15) is 13.8 Å². The first-order valence-electron chi connectivity index (χ1n) is 9.08. The highest BCUT2D eigenvalue weighted by atomic mass is 31.2. The lowest BCUT2D eigenvalue weighted by Gasteiger charge is -2.26. The lowest BCUT2D eigenvalue weighted by Crippen LogP contribution is -2.13. The SMILES string of the molecule is CCOP(=O)(OCC)c1ccc(N(c2ccccc2)c2ccccc2)cc1. The summed E-state index contributed by atoms with van der Waals surface area (Å²) >= 11 is 0. The minimum atomic E-state index is -3.28. The summed E-state index contributed by atoms with van der Waals surface area (Å²) in [5.41, 5.74) is 3.07. The van der Waals surface area contributed by atoms with Crippen LogP contribution in [0.25, 0.3) is 0 Å². The molecule has 5 heteroatoms. The third kappa shape index (κ3) is 4.48. The molecule has 0 radical (unpaired) electrons. The van der Waals surface area contributed by atoms with Crippen LogP contribution in [0, 0.1) is 0 Å². The predicted octanol–water partition coefficient (Wildman–Crippen LogP) is 6.05. The number of para-hydroxylation sites is 2. The average Bonchev–Trinajstić information content (AvgIpc) is 2.71. The van der Waals surface area contributed by atoms with Gasteiger partial charge in [0.1, 0.15) is 0 Å². The zero-order valence-electron chi connectivity index (χ0n) is 15.6. The first-order chi connectivity index (χ1) is 13.2. The van der Waals surface area contributed by atoms with E-state index in [1.807, 2.05) is 74.5 Å². The Hall–Kier alpha value is -2.39. The van der Waals surface area contributed by atoms with E-state index < -0.39 is 7.60 Å². The summed E-state index contributed by atoms with van der Waals surface area (Å²) in [6, 6.07) is 27.8. The summed E-state index contributed by atoms with van der Waals surface area (Å²) in [5, 5.41) is 0.566. The largest absolute Gasteiger partial charge is 0.361 e. The van der Waals surface area contributed by atoms with E-state index in [-0.39, 0.29) is 0 Å². The zero-order valence-corrected chi connectivity index (χ0v) is 16.5. The zero-order chi connectivity index (χ0) is 19.1. The van der Waals surface area contributed by atoms with Gasteiger partial charge < -0.3 is 13.9 Å². The van der Waals surface area contributed by atoms with Crippen molar-refractivity contribution < 1.29 is 13.6 Å². The first-order valence-corrected chi connectivity index (χ1v) is 10.6. The maximum absolute atomic E-state index is 13.0. The quantitative estimate of drug-likeness (QED) is 0.445. The summed E-state index contributed by atoms with van der Waals surface area (Å²) in [6.07, 6.45) is 0. The topological polar surface area (TPSA) is 38.8 Å². The Balaban J connectivity index is 2.00. The van der Waals surface area contributed by atoms with Crippen molar-refractivity contribution in [3.8, 4) is 0 Å². The van der Waals surface area contributed by atoms with Crippen LogP contribution in [-0.4, -0.2) is 13.2 Å². The molecule has 0 aliphatic heterocycles. The fraction of sp³-hybridized carbons (Fsp3) is 0.182. The van der Waals surface area contributed by atoms with Gasteiger partial charge in [-0.1, -0.05) is 36.4 Å². The summed E-state index contributed by atoms with van der Waals surface area (Å²) in [4.78, 5) is 2.15. The molecule has 0 saturated carbocycles. The fourth-order valence-electron chi connectivity index (χ4n) is 2.91. The predicted molar refractivity (Wildman–Crippen MR) is 112 cm³/mol. The van der Waals surface area contributed by atoms with Gasteiger partial charge in [0, 0.05) is 17.1 Å². The molecule has 0 saturated heterocycles. The second kappa shape index (κ2) is 9.01. The van der Waals surface area contributed by atoms with Crippen LogP contribution in [0.5, 0.6) is 0 Å². The molecule has 0 heterocycles. The molecule has 0 bridgehead atoms. The fourth-order valence-corrected chi connectivity index (χ4v) is 4.48. The minimum Gasteiger partial charge on any atom is -0.311 e. The summed E-state index contributed by atoms with van der Waals surface area (Å²) in [7, 11) is -3.28. The van der Waals surface area contributed by atoms with Gasteiger partial charge in [-0.3, -0.25) is 4.57 Å². The molecule has 0 fully saturated rings. The Kier molecular flexibility index (Phi) is 6.46. The molecular formula is C22H24NO3P. The number of anilines is 3. The van der Waals surface area contributed by atoms with Gasteiger partial charge in [-0.15, -0.1) is 0 Å². The van der Waals surface area contributed by atoms with Gasteiger partial charge >= 0.3 is 7.60 Å². The van der Waals surface area contributed by atoms with Crippen LogP contribution >= 0.6 is 7.60 Å². The van der Waals surface area contributed by atoms with E-state index in [4.69, 9.17) is 9.05 Å². The molecular weight excluding hydrogens is 357 g/mol. The third-order valence-corrected chi connectivity index (χ3v) is 6.18. The number of benzene rings is 3. The number of hydrogen-bond acceptors (Lipinski definition) is 4. The summed E-state index contributed by atoms with van der Waals surface area (Å²) < 4.78 is 23.9. The molecule has 0 aromatic heterocycles. The maximum atomic E-state index is 13.0. The molecule has 0 N–H and O–H groups in total. The van der Waals surface area contributed by atoms with Gasteiger partial charge in [0.25, 0.3) is 0 Å². The highest BCUT2D eigenvalue weighted by molar-refractivity contribution is 7.62. The minimum absolute atomic E-state index is 0.333. The lowest BCUT2D eigenvalue weighted by molar-refractivity contribution is 0.230. The molecule has 3 aromatic carbocycles. The van der Waals surface area contributed by atoms with E-state index in [9.17, 15) is 4.57 Å². The van der Waals surface area contributed by atoms with E-state index in [0.717, 1.165) is 17.1 Å². The molecule has 0 atom stereocenters. The second-order valence-electron chi connectivity index (χ2n) is 5.86. The molecule has 27 heavy (non-hydrogen) atoms. The van der Waals surface area contributed by atoms with Gasteiger partial charge in [0.15, 0.2) is 0 Å². The number of hydrogen-bond donors (Lipinski definition) is 0. The van der Waals surface area contributed by atoms with E-state index in [1.165, 1.54) is 0 Å². The monoisotopic (exact) mass is 381 g/mol. The maximum Gasteiger partial charge on any atom is 0.361 e. The average molecular weight is 381 g/mol. The Morgan fingerprint density at radius 3 is 1.48 bits per heavy atom. The van der Waals surface area contributed by atoms with Gasteiger partial charge in [0.2, 0.25) is 0 Å². The van der Waals surface area contributed by atoms with Crippen molar-refractivity contribution in [1.29, 1.82) is 0 Å². The Morgan fingerprint density at radius 2 is 1.07 bits per heavy atom. The standard InChI is InChI=1S/C22H24NO3P/c1-3-25-27(24,26-4-2)22-17-15-21(16-18-22)23(19-11-7-5-8-12-19)20-13-9-6-10-14-20/h5-18H,3-4H2,1-2H3. The second-order valence-corrected chi connectivity index (χ2v) is 7.88. The molecule has 0 amide bonds. The summed E-state index contributed by atoms with van der Waals surface area (Å²) in [5.74, 6) is 0. The van der Waals surface area contributed by atoms with Crippen molar-refractivity contribution in [2.75, 3.05) is 18.1 Å². The molecule has 0 aliphatic carbocycles. The van der Waals surface area contributed by atoms with Crippen LogP contribution in [0.4, 0.5) is 17.1 Å². The highest BCUT2D eigenvalue weighted by Gasteiger charge is 2.26. The molecule has 3 rings (SSSR count). The van der Waals surface area contributed by atoms with Crippen molar-refractivity contribution >= 4 is 30.0 Å². The van der Waals surface area contributed by atoms with E-state index in [0.29, 0.717) is 18.5 Å². The van der Waals surface area contributed by atoms with Crippen molar-refractivity contribution in [3.05, 3.63) is 84.9 Å². The summed E-state index contributed by atoms with van der Waals surface area (Å²) in [6.45, 7) is 4.29. The van der Waals surface area contributed by atoms with Gasteiger partial charge in [-0.2, -0.15) is 0 Å². The van der Waals surface area contributed by atoms with E-state index in [2.05, 4.69) is 29.2 Å². The van der Waals surface area contributed by atoms with Gasteiger partial charge in [0.05, 0.1) is 18.5 Å². The third-order valence-electron chi connectivity index (χ3n) is 4.05. The molecule has 4 nitrogen and oxygen atoms in total. The van der Waals surface area contributed by atoms with E-state index >= 15 is 0 Å². The molecule has 0 unspecified atom stereocenters. The molecule has 0 aliphatic rings. The Bertz CT molecular complexity index is 833. The van der Waals surface area contributed by atoms with Crippen molar-refractivity contribution in [2.24, 2.45) is 0 Å². The van der Waals surface area contributed by atoms with Crippen LogP contribution in [-0.2, 0) is 13.6 Å². The van der Waals surface area contributed by atoms with Gasteiger partial charge in [-0.05, 0) is 62.4 Å². The molecule has 0 spiro atoms. The van der Waals surface area contributed by atoms with Crippen molar-refractivity contribution in [3.63, 3.8) is 0 Å². The normalized spacial score (nSPS) is 11.3. The van der Waals surface area contributed by atoms with Gasteiger partial charge in [-0.25, -0.2) is 0 Å². The number of rotatable bonds is 8. The van der Waals surface area contributed by atoms with Crippen LogP contribution < -0.4 is 10.2 Å². The lowest BCUT2D eigenvalue weighted by atomic mass is 10.2. The van der Waals surface area contributed by atoms with Crippen LogP contribution in [0.3, 0.4) is 0 Å². The Morgan fingerprint density at radius 1 is 0.667 bits per heavy atom. The van der Waals surface area contributed by atoms with Crippen LogP contribution in [0.15, 0.2) is 84.9 Å². The molecule has 140 valence electrons. The highest BCUT2D eigenvalue weighted by Crippen LogP contribution is 2.47. The molecule has 3 aromatic rings. The van der Waals surface area contributed by atoms with Crippen molar-refractivity contribution in [1.82, 2.24) is 0 Å². The Labute approximate surface area is 160 Å². The van der Waals surface area contributed by atoms with E-state index in [1.54, 1.807) is 0 Å². The number of nitrogens with zero attached hydrogens (tertiary/aromatic N) is 1. The van der Waals surface area contributed by atoms with Crippen LogP contribution in [0.2, 0.25) is 0 Å². The first kappa shape index (κ1) is 19.4.